The lowest BCUT2D eigenvalue weighted by atomic mass is 10.1. The summed E-state index contributed by atoms with van der Waals surface area (Å²) in [5.41, 5.74) is -2.13. The maximum Gasteiger partial charge on any atom is 0.337 e. The molecular formula is C14H8O8. The number of carbonyl (C=O) groups is 4. The minimum atomic E-state index is -1.55. The standard InChI is InChI=1S/C14H8O8/c15-11(16)6-1-5-3-9(13(19)20)10(14(21)22)8(5)4-7(2-6)12(17)18/h1-4H,(H,15,16)(H,17,18)(H,19,20)(H,21,22). The van der Waals surface area contributed by atoms with Crippen molar-refractivity contribution < 1.29 is 39.6 Å². The van der Waals surface area contributed by atoms with Gasteiger partial charge in [0.05, 0.1) is 22.3 Å². The molecule has 112 valence electrons. The van der Waals surface area contributed by atoms with Crippen LogP contribution in [0.5, 0.6) is 0 Å². The molecule has 8 nitrogen and oxygen atoms in total. The van der Waals surface area contributed by atoms with E-state index in [1.807, 2.05) is 0 Å². The first-order chi connectivity index (χ1) is 10.2. The zero-order chi connectivity index (χ0) is 16.6. The molecule has 0 atom stereocenters. The Hall–Kier alpha value is -3.42. The molecule has 2 aliphatic carbocycles. The summed E-state index contributed by atoms with van der Waals surface area (Å²) >= 11 is 0. The summed E-state index contributed by atoms with van der Waals surface area (Å²) in [5, 5.41) is 36.3. The van der Waals surface area contributed by atoms with Gasteiger partial charge >= 0.3 is 23.9 Å². The predicted octanol–water partition coefficient (Wildman–Crippen LogP) is 1.58. The first-order valence-electron chi connectivity index (χ1n) is 5.77. The van der Waals surface area contributed by atoms with E-state index in [0.717, 1.165) is 24.3 Å². The molecule has 2 aliphatic rings. The fourth-order valence-corrected chi connectivity index (χ4v) is 2.09. The highest BCUT2D eigenvalue weighted by Crippen LogP contribution is 2.33. The van der Waals surface area contributed by atoms with E-state index in [2.05, 4.69) is 0 Å². The van der Waals surface area contributed by atoms with E-state index < -0.39 is 46.1 Å². The normalized spacial score (nSPS) is 10.4. The van der Waals surface area contributed by atoms with Crippen LogP contribution >= 0.6 is 0 Å². The van der Waals surface area contributed by atoms with Crippen molar-refractivity contribution in [3.05, 3.63) is 46.5 Å². The molecule has 0 aromatic carbocycles. The molecule has 0 aromatic heterocycles. The quantitative estimate of drug-likeness (QED) is 0.665. The van der Waals surface area contributed by atoms with Crippen LogP contribution < -0.4 is 0 Å². The third-order valence-electron chi connectivity index (χ3n) is 3.01. The number of aromatic carboxylic acids is 4. The van der Waals surface area contributed by atoms with Crippen molar-refractivity contribution in [2.75, 3.05) is 0 Å². The molecule has 0 saturated carbocycles. The summed E-state index contributed by atoms with van der Waals surface area (Å²) < 4.78 is 0. The molecule has 22 heavy (non-hydrogen) atoms. The second-order valence-corrected chi connectivity index (χ2v) is 4.37. The Bertz CT molecular complexity index is 805. The third-order valence-corrected chi connectivity index (χ3v) is 3.01. The molecule has 0 saturated heterocycles. The van der Waals surface area contributed by atoms with Crippen LogP contribution in [0.3, 0.4) is 0 Å². The topological polar surface area (TPSA) is 149 Å². The minimum absolute atomic E-state index is 0.0136. The van der Waals surface area contributed by atoms with Gasteiger partial charge in [-0.3, -0.25) is 0 Å². The zero-order valence-corrected chi connectivity index (χ0v) is 10.7. The zero-order valence-electron chi connectivity index (χ0n) is 10.7. The molecule has 0 heterocycles. The van der Waals surface area contributed by atoms with Gasteiger partial charge in [-0.15, -0.1) is 0 Å². The Morgan fingerprint density at radius 1 is 0.636 bits per heavy atom. The van der Waals surface area contributed by atoms with Crippen molar-refractivity contribution in [1.82, 2.24) is 0 Å². The van der Waals surface area contributed by atoms with Gasteiger partial charge in [0, 0.05) is 0 Å². The maximum absolute atomic E-state index is 11.3. The Balaban J connectivity index is 2.95. The molecule has 0 amide bonds. The van der Waals surface area contributed by atoms with E-state index in [9.17, 15) is 19.2 Å². The number of fused-ring (bicyclic) bond motifs is 1. The molecule has 0 spiro atoms. The molecule has 0 radical (unpaired) electrons. The molecule has 0 fully saturated rings. The second-order valence-electron chi connectivity index (χ2n) is 4.37. The van der Waals surface area contributed by atoms with Crippen LogP contribution in [-0.4, -0.2) is 44.3 Å². The average molecular weight is 304 g/mol. The highest BCUT2D eigenvalue weighted by atomic mass is 16.4. The fourth-order valence-electron chi connectivity index (χ4n) is 2.09. The number of hydrogen-bond donors (Lipinski definition) is 4. The van der Waals surface area contributed by atoms with Crippen LogP contribution in [0.4, 0.5) is 0 Å². The van der Waals surface area contributed by atoms with Gasteiger partial charge in [0.1, 0.15) is 0 Å². The van der Waals surface area contributed by atoms with Crippen molar-refractivity contribution in [1.29, 1.82) is 0 Å². The molecule has 0 bridgehead atoms. The second kappa shape index (κ2) is 5.17. The largest absolute Gasteiger partial charge is 0.478 e. The Morgan fingerprint density at radius 3 is 1.64 bits per heavy atom. The Labute approximate surface area is 122 Å². The minimum Gasteiger partial charge on any atom is -0.478 e. The van der Waals surface area contributed by atoms with E-state index in [0.29, 0.717) is 0 Å². The lowest BCUT2D eigenvalue weighted by Crippen LogP contribution is -2.05. The van der Waals surface area contributed by atoms with Crippen LogP contribution in [0, 0.1) is 0 Å². The summed E-state index contributed by atoms with van der Waals surface area (Å²) in [5.74, 6) is -5.94. The number of rotatable bonds is 4. The fraction of sp³-hybridized carbons (Fsp3) is 0. The molecule has 2 rings (SSSR count). The van der Waals surface area contributed by atoms with Crippen LogP contribution in [0.15, 0.2) is 24.3 Å². The van der Waals surface area contributed by atoms with Gasteiger partial charge in [0.25, 0.3) is 0 Å². The molecule has 4 N–H and O–H groups in total. The molecule has 8 heteroatoms. The van der Waals surface area contributed by atoms with Crippen molar-refractivity contribution in [3.8, 4) is 11.1 Å². The monoisotopic (exact) mass is 304 g/mol. The SMILES string of the molecule is O=C(O)c1cc(C(=O)O)cc2c(C(=O)O)c(C(=O)O)cc-2c1. The van der Waals surface area contributed by atoms with Crippen molar-refractivity contribution in [2.24, 2.45) is 0 Å². The van der Waals surface area contributed by atoms with Gasteiger partial charge in [0.2, 0.25) is 0 Å². The van der Waals surface area contributed by atoms with Crippen molar-refractivity contribution in [3.63, 3.8) is 0 Å². The van der Waals surface area contributed by atoms with Gasteiger partial charge in [-0.2, -0.15) is 0 Å². The van der Waals surface area contributed by atoms with E-state index in [1.165, 1.54) is 0 Å². The van der Waals surface area contributed by atoms with Crippen LogP contribution in [0.1, 0.15) is 41.4 Å². The summed E-state index contributed by atoms with van der Waals surface area (Å²) in [6, 6.07) is 3.85. The summed E-state index contributed by atoms with van der Waals surface area (Å²) in [4.78, 5) is 44.6. The lowest BCUT2D eigenvalue weighted by molar-refractivity contribution is 0.0653. The average Bonchev–Trinajstić information content (AvgIpc) is 2.64. The van der Waals surface area contributed by atoms with Gasteiger partial charge in [-0.25, -0.2) is 19.2 Å². The third kappa shape index (κ3) is 2.44. The first-order valence-corrected chi connectivity index (χ1v) is 5.77. The smallest absolute Gasteiger partial charge is 0.337 e. The van der Waals surface area contributed by atoms with Gasteiger partial charge in [0.15, 0.2) is 0 Å². The molecule has 0 aliphatic heterocycles. The number of hydrogen-bond acceptors (Lipinski definition) is 4. The van der Waals surface area contributed by atoms with Gasteiger partial charge < -0.3 is 20.4 Å². The van der Waals surface area contributed by atoms with Crippen molar-refractivity contribution >= 4 is 23.9 Å². The lowest BCUT2D eigenvalue weighted by Gasteiger charge is -1.98. The maximum atomic E-state index is 11.3. The van der Waals surface area contributed by atoms with Crippen molar-refractivity contribution in [2.45, 2.75) is 0 Å². The Kier molecular flexibility index (Phi) is 3.52. The van der Waals surface area contributed by atoms with E-state index in [1.54, 1.807) is 0 Å². The van der Waals surface area contributed by atoms with Gasteiger partial charge in [-0.05, 0) is 35.4 Å². The van der Waals surface area contributed by atoms with E-state index in [4.69, 9.17) is 20.4 Å². The van der Waals surface area contributed by atoms with Crippen LogP contribution in [-0.2, 0) is 0 Å². The highest BCUT2D eigenvalue weighted by Gasteiger charge is 2.26. The van der Waals surface area contributed by atoms with Crippen LogP contribution in [0.2, 0.25) is 0 Å². The van der Waals surface area contributed by atoms with E-state index >= 15 is 0 Å². The van der Waals surface area contributed by atoms with Gasteiger partial charge in [-0.1, -0.05) is 0 Å². The molecule has 0 unspecified atom stereocenters. The predicted molar refractivity (Wildman–Crippen MR) is 70.9 cm³/mol. The highest BCUT2D eigenvalue weighted by molar-refractivity contribution is 6.10. The summed E-state index contributed by atoms with van der Waals surface area (Å²) in [6.45, 7) is 0. The molecule has 0 aromatic rings. The number of carboxylic acids is 4. The molecular weight excluding hydrogens is 296 g/mol. The Morgan fingerprint density at radius 2 is 1.18 bits per heavy atom. The first kappa shape index (κ1) is 15.0. The van der Waals surface area contributed by atoms with Crippen LogP contribution in [0.25, 0.3) is 11.1 Å². The summed E-state index contributed by atoms with van der Waals surface area (Å²) in [6.07, 6.45) is 0. The van der Waals surface area contributed by atoms with E-state index in [-0.39, 0.29) is 11.1 Å². The summed E-state index contributed by atoms with van der Waals surface area (Å²) in [7, 11) is 0. The number of carboxylic acid groups (broad SMARTS) is 4.